The van der Waals surface area contributed by atoms with Crippen molar-refractivity contribution in [2.45, 2.75) is 18.6 Å². The molecule has 2 saturated heterocycles. The van der Waals surface area contributed by atoms with Crippen LogP contribution in [0.3, 0.4) is 0 Å². The minimum Gasteiger partial charge on any atom is -0.489 e. The van der Waals surface area contributed by atoms with Crippen LogP contribution in [0.1, 0.15) is 6.42 Å². The van der Waals surface area contributed by atoms with Crippen LogP contribution in [-0.4, -0.2) is 53.2 Å². The molecule has 2 fully saturated rings. The molecule has 2 aromatic rings. The Balaban J connectivity index is 1.38. The Morgan fingerprint density at radius 2 is 1.71 bits per heavy atom. The van der Waals surface area contributed by atoms with Gasteiger partial charge in [0.05, 0.1) is 12.4 Å². The topological polar surface area (TPSA) is 41.5 Å². The molecule has 0 radical (unpaired) electrons. The van der Waals surface area contributed by atoms with Gasteiger partial charge in [-0.25, -0.2) is 18.7 Å². The number of fused-ring (bicyclic) bond motifs is 1. The normalized spacial score (nSPS) is 24.0. The fourth-order valence-corrected chi connectivity index (χ4v) is 3.44. The van der Waals surface area contributed by atoms with Gasteiger partial charge < -0.3 is 9.64 Å². The highest BCUT2D eigenvalue weighted by molar-refractivity contribution is 5.31. The zero-order chi connectivity index (χ0) is 16.5. The summed E-state index contributed by atoms with van der Waals surface area (Å²) in [6.45, 7) is 3.37. The van der Waals surface area contributed by atoms with Gasteiger partial charge in [0.15, 0.2) is 5.82 Å². The largest absolute Gasteiger partial charge is 0.489 e. The van der Waals surface area contributed by atoms with Crippen LogP contribution in [0, 0.1) is 11.6 Å². The molecule has 0 N–H and O–H groups in total. The SMILES string of the molecule is Fc1ccc(OC2CC3CN(c4ncc(F)cn4)CCN3C2)cc1. The molecule has 7 heteroatoms. The van der Waals surface area contributed by atoms with Crippen LogP contribution in [0.2, 0.25) is 0 Å². The van der Waals surface area contributed by atoms with Crippen LogP contribution in [0.5, 0.6) is 5.75 Å². The van der Waals surface area contributed by atoms with Gasteiger partial charge in [0.25, 0.3) is 0 Å². The molecule has 0 amide bonds. The summed E-state index contributed by atoms with van der Waals surface area (Å²) >= 11 is 0. The summed E-state index contributed by atoms with van der Waals surface area (Å²) in [5.74, 6) is 0.575. The van der Waals surface area contributed by atoms with Crippen LogP contribution < -0.4 is 9.64 Å². The van der Waals surface area contributed by atoms with Gasteiger partial charge >= 0.3 is 0 Å². The molecule has 2 atom stereocenters. The first-order valence-corrected chi connectivity index (χ1v) is 8.06. The lowest BCUT2D eigenvalue weighted by Gasteiger charge is -2.37. The molecular weight excluding hydrogens is 314 g/mol. The average molecular weight is 332 g/mol. The monoisotopic (exact) mass is 332 g/mol. The lowest BCUT2D eigenvalue weighted by Crippen LogP contribution is -2.50. The molecule has 0 bridgehead atoms. The minimum atomic E-state index is -0.425. The fourth-order valence-electron chi connectivity index (χ4n) is 3.44. The van der Waals surface area contributed by atoms with Gasteiger partial charge in [-0.2, -0.15) is 0 Å². The van der Waals surface area contributed by atoms with Crippen LogP contribution in [-0.2, 0) is 0 Å². The zero-order valence-electron chi connectivity index (χ0n) is 13.1. The quantitative estimate of drug-likeness (QED) is 0.861. The second kappa shape index (κ2) is 6.32. The van der Waals surface area contributed by atoms with Crippen LogP contribution >= 0.6 is 0 Å². The van der Waals surface area contributed by atoms with Crippen molar-refractivity contribution in [2.75, 3.05) is 31.1 Å². The molecule has 24 heavy (non-hydrogen) atoms. The van der Waals surface area contributed by atoms with Gasteiger partial charge in [-0.15, -0.1) is 0 Å². The Morgan fingerprint density at radius 3 is 2.46 bits per heavy atom. The highest BCUT2D eigenvalue weighted by Gasteiger charge is 2.37. The van der Waals surface area contributed by atoms with Crippen molar-refractivity contribution in [3.8, 4) is 5.75 Å². The molecule has 2 aliphatic heterocycles. The van der Waals surface area contributed by atoms with Gasteiger partial charge in [0, 0.05) is 38.6 Å². The van der Waals surface area contributed by atoms with Crippen LogP contribution in [0.25, 0.3) is 0 Å². The van der Waals surface area contributed by atoms with E-state index < -0.39 is 5.82 Å². The smallest absolute Gasteiger partial charge is 0.225 e. The summed E-state index contributed by atoms with van der Waals surface area (Å²) in [6.07, 6.45) is 3.39. The predicted octanol–water partition coefficient (Wildman–Crippen LogP) is 2.10. The predicted molar refractivity (Wildman–Crippen MR) is 85.0 cm³/mol. The number of anilines is 1. The van der Waals surface area contributed by atoms with Crippen molar-refractivity contribution in [3.05, 3.63) is 48.3 Å². The van der Waals surface area contributed by atoms with E-state index in [0.29, 0.717) is 17.7 Å². The highest BCUT2D eigenvalue weighted by Crippen LogP contribution is 2.27. The maximum atomic E-state index is 13.0. The summed E-state index contributed by atoms with van der Waals surface area (Å²) in [5.41, 5.74) is 0. The number of benzene rings is 1. The van der Waals surface area contributed by atoms with Crippen LogP contribution in [0.4, 0.5) is 14.7 Å². The van der Waals surface area contributed by atoms with Crippen molar-refractivity contribution in [3.63, 3.8) is 0 Å². The average Bonchev–Trinajstić information content (AvgIpc) is 2.99. The van der Waals surface area contributed by atoms with Crippen molar-refractivity contribution >= 4 is 5.95 Å². The van der Waals surface area contributed by atoms with Crippen molar-refractivity contribution in [2.24, 2.45) is 0 Å². The Kier molecular flexibility index (Phi) is 4.02. The molecular formula is C17H18F2N4O. The van der Waals surface area contributed by atoms with Gasteiger partial charge in [0.2, 0.25) is 5.95 Å². The summed E-state index contributed by atoms with van der Waals surface area (Å²) in [4.78, 5) is 12.6. The van der Waals surface area contributed by atoms with Crippen LogP contribution in [0.15, 0.2) is 36.7 Å². The number of hydrogen-bond donors (Lipinski definition) is 0. The van der Waals surface area contributed by atoms with E-state index in [4.69, 9.17) is 4.74 Å². The maximum absolute atomic E-state index is 13.0. The van der Waals surface area contributed by atoms with Gasteiger partial charge in [-0.1, -0.05) is 0 Å². The number of piperazine rings is 1. The second-order valence-corrected chi connectivity index (χ2v) is 6.23. The third-order valence-electron chi connectivity index (χ3n) is 4.58. The highest BCUT2D eigenvalue weighted by atomic mass is 19.1. The van der Waals surface area contributed by atoms with Crippen molar-refractivity contribution < 1.29 is 13.5 Å². The van der Waals surface area contributed by atoms with Crippen molar-refractivity contribution in [1.29, 1.82) is 0 Å². The van der Waals surface area contributed by atoms with Gasteiger partial charge in [-0.05, 0) is 24.3 Å². The van der Waals surface area contributed by atoms with Gasteiger partial charge in [-0.3, -0.25) is 4.90 Å². The molecule has 0 saturated carbocycles. The molecule has 2 aliphatic rings. The molecule has 1 aromatic carbocycles. The summed E-state index contributed by atoms with van der Waals surface area (Å²) in [5, 5.41) is 0. The lowest BCUT2D eigenvalue weighted by atomic mass is 10.1. The number of aromatic nitrogens is 2. The second-order valence-electron chi connectivity index (χ2n) is 6.23. The van der Waals surface area contributed by atoms with E-state index in [9.17, 15) is 8.78 Å². The Morgan fingerprint density at radius 1 is 0.958 bits per heavy atom. The number of rotatable bonds is 3. The zero-order valence-corrected chi connectivity index (χ0v) is 13.1. The Labute approximate surface area is 138 Å². The van der Waals surface area contributed by atoms with Gasteiger partial charge in [0.1, 0.15) is 17.7 Å². The van der Waals surface area contributed by atoms with E-state index in [2.05, 4.69) is 19.8 Å². The standard InChI is InChI=1S/C17H18F2N4O/c18-12-1-3-15(4-2-12)24-16-7-14-10-23(6-5-22(14)11-16)17-20-8-13(19)9-21-17/h1-4,8-9,14,16H,5-7,10-11H2. The molecule has 0 aliphatic carbocycles. The first kappa shape index (κ1) is 15.3. The molecule has 126 valence electrons. The number of halogens is 2. The lowest BCUT2D eigenvalue weighted by molar-refractivity contribution is 0.192. The third kappa shape index (κ3) is 3.17. The maximum Gasteiger partial charge on any atom is 0.225 e. The third-order valence-corrected chi connectivity index (χ3v) is 4.58. The molecule has 3 heterocycles. The summed E-state index contributed by atoms with van der Waals surface area (Å²) in [6, 6.07) is 6.49. The van der Waals surface area contributed by atoms with E-state index in [-0.39, 0.29) is 11.9 Å². The number of hydrogen-bond acceptors (Lipinski definition) is 5. The summed E-state index contributed by atoms with van der Waals surface area (Å²) in [7, 11) is 0. The molecule has 0 spiro atoms. The Bertz CT molecular complexity index is 695. The van der Waals surface area contributed by atoms with E-state index in [1.165, 1.54) is 24.5 Å². The number of ether oxygens (including phenoxy) is 1. The minimum absolute atomic E-state index is 0.0922. The Hall–Kier alpha value is -2.28. The number of nitrogens with zero attached hydrogens (tertiary/aromatic N) is 4. The molecule has 5 nitrogen and oxygen atoms in total. The summed E-state index contributed by atoms with van der Waals surface area (Å²) < 4.78 is 31.9. The fraction of sp³-hybridized carbons (Fsp3) is 0.412. The van der Waals surface area contributed by atoms with E-state index in [0.717, 1.165) is 32.6 Å². The van der Waals surface area contributed by atoms with E-state index in [1.54, 1.807) is 12.1 Å². The van der Waals surface area contributed by atoms with E-state index in [1.807, 2.05) is 0 Å². The molecule has 1 aromatic heterocycles. The molecule has 2 unspecified atom stereocenters. The van der Waals surface area contributed by atoms with E-state index >= 15 is 0 Å². The molecule has 4 rings (SSSR count). The first-order chi connectivity index (χ1) is 11.7. The first-order valence-electron chi connectivity index (χ1n) is 8.06. The van der Waals surface area contributed by atoms with Crippen molar-refractivity contribution in [1.82, 2.24) is 14.9 Å².